The second-order valence-corrected chi connectivity index (χ2v) is 4.35. The highest BCUT2D eigenvalue weighted by Crippen LogP contribution is 2.17. The van der Waals surface area contributed by atoms with Crippen molar-refractivity contribution in [3.63, 3.8) is 0 Å². The summed E-state index contributed by atoms with van der Waals surface area (Å²) in [5.41, 5.74) is 2.22. The standard InChI is InChI=1S/C16H15NO3/c1-2-11-6-3-4-9-14(11)17-15(18)12-7-5-8-13(10-12)16(19)20/h3-10H,2H2,1H3,(H,17,18)(H,19,20). The Balaban J connectivity index is 2.24. The molecule has 2 N–H and O–H groups in total. The van der Waals surface area contributed by atoms with Crippen molar-refractivity contribution >= 4 is 17.6 Å². The molecule has 0 atom stereocenters. The molecule has 0 unspecified atom stereocenters. The van der Waals surface area contributed by atoms with E-state index >= 15 is 0 Å². The number of amides is 1. The topological polar surface area (TPSA) is 66.4 Å². The Morgan fingerprint density at radius 3 is 2.45 bits per heavy atom. The Bertz CT molecular complexity index is 650. The van der Waals surface area contributed by atoms with Crippen LogP contribution >= 0.6 is 0 Å². The molecule has 0 radical (unpaired) electrons. The molecule has 2 aromatic carbocycles. The Labute approximate surface area is 117 Å². The lowest BCUT2D eigenvalue weighted by Gasteiger charge is -2.09. The molecule has 4 heteroatoms. The highest BCUT2D eigenvalue weighted by Gasteiger charge is 2.10. The van der Waals surface area contributed by atoms with Crippen molar-refractivity contribution in [1.29, 1.82) is 0 Å². The molecule has 20 heavy (non-hydrogen) atoms. The van der Waals surface area contributed by atoms with Crippen molar-refractivity contribution < 1.29 is 14.7 Å². The fourth-order valence-corrected chi connectivity index (χ4v) is 1.94. The normalized spacial score (nSPS) is 10.1. The van der Waals surface area contributed by atoms with Gasteiger partial charge in [-0.15, -0.1) is 0 Å². The number of hydrogen-bond donors (Lipinski definition) is 2. The minimum absolute atomic E-state index is 0.0985. The lowest BCUT2D eigenvalue weighted by molar-refractivity contribution is 0.0697. The smallest absolute Gasteiger partial charge is 0.335 e. The van der Waals surface area contributed by atoms with Gasteiger partial charge in [-0.3, -0.25) is 4.79 Å². The monoisotopic (exact) mass is 269 g/mol. The van der Waals surface area contributed by atoms with Crippen LogP contribution < -0.4 is 5.32 Å². The number of carboxylic acids is 1. The first-order valence-electron chi connectivity index (χ1n) is 6.34. The van der Waals surface area contributed by atoms with Gasteiger partial charge in [0.2, 0.25) is 0 Å². The zero-order valence-electron chi connectivity index (χ0n) is 11.1. The van der Waals surface area contributed by atoms with Gasteiger partial charge in [0.15, 0.2) is 0 Å². The van der Waals surface area contributed by atoms with Gasteiger partial charge < -0.3 is 10.4 Å². The molecule has 0 aliphatic rings. The summed E-state index contributed by atoms with van der Waals surface area (Å²) in [6, 6.07) is 13.5. The van der Waals surface area contributed by atoms with Gasteiger partial charge >= 0.3 is 5.97 Å². The number of carbonyl (C=O) groups is 2. The fraction of sp³-hybridized carbons (Fsp3) is 0.125. The molecule has 0 saturated carbocycles. The quantitative estimate of drug-likeness (QED) is 0.895. The summed E-state index contributed by atoms with van der Waals surface area (Å²) in [5, 5.41) is 11.7. The van der Waals surface area contributed by atoms with Crippen molar-refractivity contribution in [2.24, 2.45) is 0 Å². The summed E-state index contributed by atoms with van der Waals surface area (Å²) in [4.78, 5) is 23.1. The molecule has 0 fully saturated rings. The van der Waals surface area contributed by atoms with Crippen molar-refractivity contribution in [2.75, 3.05) is 5.32 Å². The van der Waals surface area contributed by atoms with E-state index in [0.29, 0.717) is 5.56 Å². The second-order valence-electron chi connectivity index (χ2n) is 4.35. The van der Waals surface area contributed by atoms with Crippen LogP contribution in [0.2, 0.25) is 0 Å². The van der Waals surface area contributed by atoms with Crippen LogP contribution in [0.3, 0.4) is 0 Å². The van der Waals surface area contributed by atoms with E-state index in [2.05, 4.69) is 5.32 Å². The molecule has 0 aliphatic heterocycles. The van der Waals surface area contributed by atoms with Crippen molar-refractivity contribution in [3.8, 4) is 0 Å². The molecule has 1 amide bonds. The van der Waals surface area contributed by atoms with E-state index in [1.807, 2.05) is 31.2 Å². The highest BCUT2D eigenvalue weighted by molar-refractivity contribution is 6.05. The second kappa shape index (κ2) is 6.02. The third-order valence-electron chi connectivity index (χ3n) is 3.02. The van der Waals surface area contributed by atoms with Crippen molar-refractivity contribution in [1.82, 2.24) is 0 Å². The number of carbonyl (C=O) groups excluding carboxylic acids is 1. The molecule has 0 bridgehead atoms. The molecule has 102 valence electrons. The van der Waals surface area contributed by atoms with Crippen LogP contribution in [0.25, 0.3) is 0 Å². The number of rotatable bonds is 4. The fourth-order valence-electron chi connectivity index (χ4n) is 1.94. The Morgan fingerprint density at radius 2 is 1.75 bits per heavy atom. The zero-order chi connectivity index (χ0) is 14.5. The van der Waals surface area contributed by atoms with Crippen LogP contribution in [-0.4, -0.2) is 17.0 Å². The molecule has 0 aliphatic carbocycles. The summed E-state index contributed by atoms with van der Waals surface area (Å²) in [5.74, 6) is -1.36. The van der Waals surface area contributed by atoms with E-state index in [0.717, 1.165) is 17.7 Å². The van der Waals surface area contributed by atoms with Gasteiger partial charge in [0.1, 0.15) is 0 Å². The van der Waals surface area contributed by atoms with Crippen LogP contribution in [0.1, 0.15) is 33.2 Å². The average molecular weight is 269 g/mol. The third kappa shape index (κ3) is 3.03. The molecule has 0 aromatic heterocycles. The number of hydrogen-bond acceptors (Lipinski definition) is 2. The van der Waals surface area contributed by atoms with Gasteiger partial charge in [0.05, 0.1) is 5.56 Å². The summed E-state index contributed by atoms with van der Waals surface area (Å²) in [6.07, 6.45) is 0.811. The van der Waals surface area contributed by atoms with E-state index < -0.39 is 5.97 Å². The van der Waals surface area contributed by atoms with E-state index in [-0.39, 0.29) is 11.5 Å². The zero-order valence-corrected chi connectivity index (χ0v) is 11.1. The first-order valence-corrected chi connectivity index (χ1v) is 6.34. The number of aromatic carboxylic acids is 1. The number of aryl methyl sites for hydroxylation is 1. The van der Waals surface area contributed by atoms with Gasteiger partial charge in [-0.05, 0) is 36.2 Å². The number of benzene rings is 2. The largest absolute Gasteiger partial charge is 0.478 e. The van der Waals surface area contributed by atoms with Gasteiger partial charge in [0, 0.05) is 11.3 Å². The van der Waals surface area contributed by atoms with Crippen LogP contribution in [-0.2, 0) is 6.42 Å². The molecule has 0 heterocycles. The Morgan fingerprint density at radius 1 is 1.05 bits per heavy atom. The van der Waals surface area contributed by atoms with Crippen molar-refractivity contribution in [2.45, 2.75) is 13.3 Å². The van der Waals surface area contributed by atoms with E-state index in [1.165, 1.54) is 12.1 Å². The molecule has 2 rings (SSSR count). The maximum atomic E-state index is 12.2. The van der Waals surface area contributed by atoms with Gasteiger partial charge in [-0.25, -0.2) is 4.79 Å². The lowest BCUT2D eigenvalue weighted by Crippen LogP contribution is -2.14. The average Bonchev–Trinajstić information content (AvgIpc) is 2.48. The lowest BCUT2D eigenvalue weighted by atomic mass is 10.1. The number of para-hydroxylation sites is 1. The minimum Gasteiger partial charge on any atom is -0.478 e. The summed E-state index contributed by atoms with van der Waals surface area (Å²) >= 11 is 0. The van der Waals surface area contributed by atoms with Gasteiger partial charge in [0.25, 0.3) is 5.91 Å². The van der Waals surface area contributed by atoms with Crippen LogP contribution in [0.15, 0.2) is 48.5 Å². The Hall–Kier alpha value is -2.62. The molecule has 0 spiro atoms. The molecular formula is C16H15NO3. The third-order valence-corrected chi connectivity index (χ3v) is 3.02. The van der Waals surface area contributed by atoms with Crippen LogP contribution in [0, 0.1) is 0 Å². The van der Waals surface area contributed by atoms with Crippen LogP contribution in [0.5, 0.6) is 0 Å². The predicted octanol–water partition coefficient (Wildman–Crippen LogP) is 3.20. The maximum absolute atomic E-state index is 12.2. The maximum Gasteiger partial charge on any atom is 0.335 e. The van der Waals surface area contributed by atoms with Crippen molar-refractivity contribution in [3.05, 3.63) is 65.2 Å². The molecular weight excluding hydrogens is 254 g/mol. The highest BCUT2D eigenvalue weighted by atomic mass is 16.4. The first-order chi connectivity index (χ1) is 9.61. The number of carboxylic acid groups (broad SMARTS) is 1. The first kappa shape index (κ1) is 13.8. The van der Waals surface area contributed by atoms with E-state index in [9.17, 15) is 9.59 Å². The van der Waals surface area contributed by atoms with E-state index in [1.54, 1.807) is 12.1 Å². The Kier molecular flexibility index (Phi) is 4.15. The predicted molar refractivity (Wildman–Crippen MR) is 77.2 cm³/mol. The number of anilines is 1. The molecule has 0 saturated heterocycles. The van der Waals surface area contributed by atoms with E-state index in [4.69, 9.17) is 5.11 Å². The molecule has 2 aromatic rings. The molecule has 4 nitrogen and oxygen atoms in total. The number of nitrogens with one attached hydrogen (secondary N) is 1. The van der Waals surface area contributed by atoms with Crippen LogP contribution in [0.4, 0.5) is 5.69 Å². The summed E-state index contributed by atoms with van der Waals surface area (Å²) in [7, 11) is 0. The summed E-state index contributed by atoms with van der Waals surface area (Å²) in [6.45, 7) is 2.01. The SMILES string of the molecule is CCc1ccccc1NC(=O)c1cccc(C(=O)O)c1. The van der Waals surface area contributed by atoms with Gasteiger partial charge in [-0.1, -0.05) is 31.2 Å². The summed E-state index contributed by atoms with van der Waals surface area (Å²) < 4.78 is 0. The van der Waals surface area contributed by atoms with Gasteiger partial charge in [-0.2, -0.15) is 0 Å². The minimum atomic E-state index is -1.05.